The highest BCUT2D eigenvalue weighted by molar-refractivity contribution is 5.75. The zero-order valence-corrected chi connectivity index (χ0v) is 12.2. The summed E-state index contributed by atoms with van der Waals surface area (Å²) in [6, 6.07) is 7.48. The van der Waals surface area contributed by atoms with Crippen LogP contribution in [0.25, 0.3) is 0 Å². The highest BCUT2D eigenvalue weighted by Crippen LogP contribution is 2.36. The van der Waals surface area contributed by atoms with E-state index in [2.05, 4.69) is 47.4 Å². The number of anilines is 2. The topological polar surface area (TPSA) is 18.5 Å². The van der Waals surface area contributed by atoms with E-state index in [-0.39, 0.29) is 0 Å². The minimum absolute atomic E-state index is 0.672. The molecule has 0 saturated carbocycles. The first kappa shape index (κ1) is 12.8. The minimum atomic E-state index is 0.672. The molecule has 3 heteroatoms. The second kappa shape index (κ2) is 5.41. The summed E-state index contributed by atoms with van der Waals surface area (Å²) in [5, 5.41) is 3.63. The molecule has 1 N–H and O–H groups in total. The predicted molar refractivity (Wildman–Crippen MR) is 82.2 cm³/mol. The molecule has 0 aromatic heterocycles. The molecular weight excluding hydrogens is 234 g/mol. The lowest BCUT2D eigenvalue weighted by Crippen LogP contribution is -2.38. The Balaban J connectivity index is 1.88. The van der Waals surface area contributed by atoms with Crippen LogP contribution in [0.5, 0.6) is 0 Å². The van der Waals surface area contributed by atoms with Gasteiger partial charge in [-0.3, -0.25) is 0 Å². The van der Waals surface area contributed by atoms with E-state index in [1.54, 1.807) is 0 Å². The molecular formula is C16H25N3. The fourth-order valence-electron chi connectivity index (χ4n) is 3.49. The van der Waals surface area contributed by atoms with Crippen LogP contribution in [-0.2, 0) is 6.42 Å². The molecule has 19 heavy (non-hydrogen) atoms. The lowest BCUT2D eigenvalue weighted by atomic mass is 10.0. The summed E-state index contributed by atoms with van der Waals surface area (Å²) in [4.78, 5) is 4.93. The van der Waals surface area contributed by atoms with Gasteiger partial charge in [-0.25, -0.2) is 0 Å². The maximum absolute atomic E-state index is 3.63. The average molecular weight is 259 g/mol. The zero-order chi connectivity index (χ0) is 13.2. The summed E-state index contributed by atoms with van der Waals surface area (Å²) < 4.78 is 0. The molecule has 0 amide bonds. The molecule has 0 spiro atoms. The fourth-order valence-corrected chi connectivity index (χ4v) is 3.49. The Bertz CT molecular complexity index is 442. The standard InChI is InChI=1S/C16H25N3/c1-18(2)12-14-8-5-11-19(14)15-9-3-6-13-7-4-10-17-16(13)15/h3,6,9,14,17H,4-5,7-8,10-12H2,1-2H3. The molecule has 2 aliphatic heterocycles. The Morgan fingerprint density at radius 1 is 1.32 bits per heavy atom. The van der Waals surface area contributed by atoms with Crippen molar-refractivity contribution >= 4 is 11.4 Å². The third-order valence-electron chi connectivity index (χ3n) is 4.32. The number of nitrogens with one attached hydrogen (secondary N) is 1. The summed E-state index contributed by atoms with van der Waals surface area (Å²) in [7, 11) is 4.35. The number of hydrogen-bond acceptors (Lipinski definition) is 3. The molecule has 1 atom stereocenters. The summed E-state index contributed by atoms with van der Waals surface area (Å²) >= 11 is 0. The highest BCUT2D eigenvalue weighted by atomic mass is 15.2. The van der Waals surface area contributed by atoms with Crippen LogP contribution in [0, 0.1) is 0 Å². The van der Waals surface area contributed by atoms with Gasteiger partial charge in [0.2, 0.25) is 0 Å². The first-order chi connectivity index (χ1) is 9.25. The van der Waals surface area contributed by atoms with Crippen molar-refractivity contribution in [3.63, 3.8) is 0 Å². The van der Waals surface area contributed by atoms with Crippen molar-refractivity contribution < 1.29 is 0 Å². The van der Waals surface area contributed by atoms with Gasteiger partial charge >= 0.3 is 0 Å². The van der Waals surface area contributed by atoms with E-state index in [0.717, 1.165) is 13.1 Å². The molecule has 3 rings (SSSR count). The first-order valence-corrected chi connectivity index (χ1v) is 7.53. The van der Waals surface area contributed by atoms with Crippen molar-refractivity contribution in [1.29, 1.82) is 0 Å². The molecule has 1 fully saturated rings. The van der Waals surface area contributed by atoms with Crippen molar-refractivity contribution in [2.75, 3.05) is 43.9 Å². The Kier molecular flexibility index (Phi) is 3.65. The first-order valence-electron chi connectivity index (χ1n) is 7.53. The maximum atomic E-state index is 3.63. The number of likely N-dealkylation sites (N-methyl/N-ethyl adjacent to an activating group) is 1. The molecule has 2 heterocycles. The molecule has 1 aromatic carbocycles. The normalized spacial score (nSPS) is 22.5. The van der Waals surface area contributed by atoms with Gasteiger partial charge in [-0.1, -0.05) is 12.1 Å². The Hall–Kier alpha value is -1.22. The second-order valence-electron chi connectivity index (χ2n) is 6.09. The van der Waals surface area contributed by atoms with E-state index in [9.17, 15) is 0 Å². The van der Waals surface area contributed by atoms with E-state index >= 15 is 0 Å². The quantitative estimate of drug-likeness (QED) is 0.900. The van der Waals surface area contributed by atoms with Crippen molar-refractivity contribution in [1.82, 2.24) is 4.90 Å². The monoisotopic (exact) mass is 259 g/mol. The molecule has 0 radical (unpaired) electrons. The van der Waals surface area contributed by atoms with Crippen molar-refractivity contribution in [3.8, 4) is 0 Å². The molecule has 0 bridgehead atoms. The van der Waals surface area contributed by atoms with Crippen LogP contribution in [0.2, 0.25) is 0 Å². The average Bonchev–Trinajstić information content (AvgIpc) is 2.85. The zero-order valence-electron chi connectivity index (χ0n) is 12.2. The van der Waals surface area contributed by atoms with Crippen LogP contribution in [0.4, 0.5) is 11.4 Å². The van der Waals surface area contributed by atoms with Gasteiger partial charge in [-0.15, -0.1) is 0 Å². The molecule has 1 saturated heterocycles. The van der Waals surface area contributed by atoms with E-state index in [0.29, 0.717) is 6.04 Å². The van der Waals surface area contributed by atoms with Gasteiger partial charge in [0.05, 0.1) is 11.4 Å². The smallest absolute Gasteiger partial charge is 0.0610 e. The number of benzene rings is 1. The number of rotatable bonds is 3. The van der Waals surface area contributed by atoms with Gasteiger partial charge < -0.3 is 15.1 Å². The number of aryl methyl sites for hydroxylation is 1. The van der Waals surface area contributed by atoms with Crippen molar-refractivity contribution in [2.24, 2.45) is 0 Å². The van der Waals surface area contributed by atoms with Gasteiger partial charge in [0.15, 0.2) is 0 Å². The van der Waals surface area contributed by atoms with Crippen molar-refractivity contribution in [3.05, 3.63) is 23.8 Å². The lowest BCUT2D eigenvalue weighted by molar-refractivity contribution is 0.372. The number of hydrogen-bond donors (Lipinski definition) is 1. The largest absolute Gasteiger partial charge is 0.383 e. The Morgan fingerprint density at radius 2 is 2.21 bits per heavy atom. The maximum Gasteiger partial charge on any atom is 0.0610 e. The van der Waals surface area contributed by atoms with Crippen LogP contribution >= 0.6 is 0 Å². The minimum Gasteiger partial charge on any atom is -0.383 e. The molecule has 1 unspecified atom stereocenters. The Morgan fingerprint density at radius 3 is 3.05 bits per heavy atom. The van der Waals surface area contributed by atoms with Crippen LogP contribution in [0.3, 0.4) is 0 Å². The van der Waals surface area contributed by atoms with Crippen molar-refractivity contribution in [2.45, 2.75) is 31.7 Å². The second-order valence-corrected chi connectivity index (χ2v) is 6.09. The lowest BCUT2D eigenvalue weighted by Gasteiger charge is -2.32. The third-order valence-corrected chi connectivity index (χ3v) is 4.32. The molecule has 1 aromatic rings. The molecule has 104 valence electrons. The van der Waals surface area contributed by atoms with Gasteiger partial charge in [0.1, 0.15) is 0 Å². The van der Waals surface area contributed by atoms with Gasteiger partial charge in [0, 0.05) is 25.7 Å². The summed E-state index contributed by atoms with van der Waals surface area (Å²) in [5.41, 5.74) is 4.33. The van der Waals surface area contributed by atoms with Gasteiger partial charge in [-0.05, 0) is 51.4 Å². The fraction of sp³-hybridized carbons (Fsp3) is 0.625. The van der Waals surface area contributed by atoms with Crippen LogP contribution in [-0.4, -0.2) is 44.7 Å². The number of nitrogens with zero attached hydrogens (tertiary/aromatic N) is 2. The SMILES string of the molecule is CN(C)CC1CCCN1c1cccc2c1NCCC2. The van der Waals surface area contributed by atoms with E-state index in [4.69, 9.17) is 0 Å². The molecule has 0 aliphatic carbocycles. The summed E-state index contributed by atoms with van der Waals surface area (Å²) in [6.45, 7) is 3.48. The van der Waals surface area contributed by atoms with E-state index in [1.807, 2.05) is 0 Å². The number of fused-ring (bicyclic) bond motifs is 1. The number of para-hydroxylation sites is 1. The third kappa shape index (κ3) is 2.57. The van der Waals surface area contributed by atoms with Crippen LogP contribution < -0.4 is 10.2 Å². The Labute approximate surface area is 116 Å². The molecule has 3 nitrogen and oxygen atoms in total. The van der Waals surface area contributed by atoms with Gasteiger partial charge in [-0.2, -0.15) is 0 Å². The van der Waals surface area contributed by atoms with E-state index < -0.39 is 0 Å². The highest BCUT2D eigenvalue weighted by Gasteiger charge is 2.27. The predicted octanol–water partition coefficient (Wildman–Crippen LogP) is 2.58. The summed E-state index contributed by atoms with van der Waals surface area (Å²) in [6.07, 6.45) is 5.13. The van der Waals surface area contributed by atoms with E-state index in [1.165, 1.54) is 49.2 Å². The summed E-state index contributed by atoms with van der Waals surface area (Å²) in [5.74, 6) is 0. The van der Waals surface area contributed by atoms with Gasteiger partial charge in [0.25, 0.3) is 0 Å². The van der Waals surface area contributed by atoms with Crippen LogP contribution in [0.1, 0.15) is 24.8 Å². The van der Waals surface area contributed by atoms with Crippen LogP contribution in [0.15, 0.2) is 18.2 Å². The molecule has 2 aliphatic rings.